The fraction of sp³-hybridized carbons (Fsp3) is 0.294. The monoisotopic (exact) mass is 239 g/mol. The molecular weight excluding hydrogens is 218 g/mol. The highest BCUT2D eigenvalue weighted by atomic mass is 14.9. The third kappa shape index (κ3) is 3.36. The molecule has 0 amide bonds. The van der Waals surface area contributed by atoms with Gasteiger partial charge < -0.3 is 5.32 Å². The lowest BCUT2D eigenvalue weighted by atomic mass is 10.00. The van der Waals surface area contributed by atoms with E-state index in [2.05, 4.69) is 74.6 Å². The minimum atomic E-state index is 0.520. The van der Waals surface area contributed by atoms with Crippen molar-refractivity contribution in [1.29, 1.82) is 0 Å². The van der Waals surface area contributed by atoms with Gasteiger partial charge in [-0.2, -0.15) is 0 Å². The molecule has 0 saturated carbocycles. The molecule has 0 aliphatic heterocycles. The minimum absolute atomic E-state index is 0.520. The average Bonchev–Trinajstić information content (AvgIpc) is 2.38. The van der Waals surface area contributed by atoms with Crippen molar-refractivity contribution >= 4 is 5.69 Å². The summed E-state index contributed by atoms with van der Waals surface area (Å²) in [6.45, 7) is 7.45. The van der Waals surface area contributed by atoms with Gasteiger partial charge in [0.15, 0.2) is 0 Å². The van der Waals surface area contributed by atoms with Crippen molar-refractivity contribution in [1.82, 2.24) is 0 Å². The molecule has 94 valence electrons. The van der Waals surface area contributed by atoms with Crippen LogP contribution in [0.2, 0.25) is 0 Å². The Bertz CT molecular complexity index is 482. The predicted molar refractivity (Wildman–Crippen MR) is 79.3 cm³/mol. The van der Waals surface area contributed by atoms with Crippen LogP contribution >= 0.6 is 0 Å². The topological polar surface area (TPSA) is 12.0 Å². The Hall–Kier alpha value is -1.76. The van der Waals surface area contributed by atoms with Gasteiger partial charge in [-0.05, 0) is 37.5 Å². The van der Waals surface area contributed by atoms with Gasteiger partial charge in [-0.25, -0.2) is 0 Å². The van der Waals surface area contributed by atoms with E-state index in [9.17, 15) is 0 Å². The Kier molecular flexibility index (Phi) is 4.03. The normalized spacial score (nSPS) is 12.2. The van der Waals surface area contributed by atoms with E-state index in [1.54, 1.807) is 0 Å². The average molecular weight is 239 g/mol. The van der Waals surface area contributed by atoms with Crippen LogP contribution in [-0.4, -0.2) is 6.54 Å². The Morgan fingerprint density at radius 3 is 1.89 bits per heavy atom. The van der Waals surface area contributed by atoms with Crippen LogP contribution in [0.1, 0.15) is 29.5 Å². The van der Waals surface area contributed by atoms with E-state index in [0.717, 1.165) is 6.54 Å². The van der Waals surface area contributed by atoms with Crippen molar-refractivity contribution in [2.45, 2.75) is 26.7 Å². The number of hydrogen-bond acceptors (Lipinski definition) is 1. The summed E-state index contributed by atoms with van der Waals surface area (Å²) in [6, 6.07) is 17.3. The summed E-state index contributed by atoms with van der Waals surface area (Å²) in [7, 11) is 0. The fourth-order valence-corrected chi connectivity index (χ4v) is 1.96. The number of benzene rings is 2. The second-order valence-corrected chi connectivity index (χ2v) is 5.06. The van der Waals surface area contributed by atoms with Gasteiger partial charge in [0.1, 0.15) is 0 Å². The molecule has 2 rings (SSSR count). The molecule has 0 bridgehead atoms. The molecule has 1 heteroatoms. The van der Waals surface area contributed by atoms with E-state index in [1.165, 1.54) is 22.4 Å². The van der Waals surface area contributed by atoms with Crippen LogP contribution in [0.25, 0.3) is 0 Å². The second-order valence-electron chi connectivity index (χ2n) is 5.06. The van der Waals surface area contributed by atoms with Crippen LogP contribution in [0, 0.1) is 13.8 Å². The predicted octanol–water partition coefficient (Wildman–Crippen LogP) is 4.52. The van der Waals surface area contributed by atoms with E-state index in [-0.39, 0.29) is 0 Å². The molecule has 18 heavy (non-hydrogen) atoms. The number of aryl methyl sites for hydroxylation is 2. The van der Waals surface area contributed by atoms with E-state index < -0.39 is 0 Å². The molecule has 0 aliphatic rings. The van der Waals surface area contributed by atoms with Crippen LogP contribution in [0.5, 0.6) is 0 Å². The molecule has 0 aromatic heterocycles. The molecule has 0 heterocycles. The molecule has 1 nitrogen and oxygen atoms in total. The number of nitrogens with one attached hydrogen (secondary N) is 1. The number of rotatable bonds is 4. The Morgan fingerprint density at radius 2 is 1.33 bits per heavy atom. The van der Waals surface area contributed by atoms with Crippen molar-refractivity contribution in [3.8, 4) is 0 Å². The minimum Gasteiger partial charge on any atom is -0.384 e. The van der Waals surface area contributed by atoms with E-state index in [0.29, 0.717) is 5.92 Å². The van der Waals surface area contributed by atoms with Crippen molar-refractivity contribution in [2.75, 3.05) is 11.9 Å². The first kappa shape index (κ1) is 12.7. The highest BCUT2D eigenvalue weighted by Gasteiger charge is 2.04. The van der Waals surface area contributed by atoms with E-state index in [1.807, 2.05) is 0 Å². The molecular formula is C17H21N. The summed E-state index contributed by atoms with van der Waals surface area (Å²) >= 11 is 0. The zero-order valence-corrected chi connectivity index (χ0v) is 11.4. The summed E-state index contributed by atoms with van der Waals surface area (Å²) in [6.07, 6.45) is 0. The maximum absolute atomic E-state index is 3.48. The number of anilines is 1. The molecule has 2 aromatic carbocycles. The van der Waals surface area contributed by atoms with Gasteiger partial charge in [0, 0.05) is 12.2 Å². The summed E-state index contributed by atoms with van der Waals surface area (Å²) < 4.78 is 0. The number of hydrogen-bond donors (Lipinski definition) is 1. The molecule has 1 atom stereocenters. The summed E-state index contributed by atoms with van der Waals surface area (Å²) in [5, 5.41) is 3.48. The third-order valence-electron chi connectivity index (χ3n) is 3.31. The van der Waals surface area contributed by atoms with E-state index >= 15 is 0 Å². The van der Waals surface area contributed by atoms with Gasteiger partial charge in [-0.3, -0.25) is 0 Å². The summed E-state index contributed by atoms with van der Waals surface area (Å²) in [5.74, 6) is 0.520. The fourth-order valence-electron chi connectivity index (χ4n) is 1.96. The second kappa shape index (κ2) is 5.72. The van der Waals surface area contributed by atoms with Crippen molar-refractivity contribution in [3.05, 3.63) is 65.2 Å². The molecule has 2 aromatic rings. The lowest BCUT2D eigenvalue weighted by Gasteiger charge is -2.14. The summed E-state index contributed by atoms with van der Waals surface area (Å²) in [5.41, 5.74) is 5.20. The molecule has 0 aliphatic carbocycles. The van der Waals surface area contributed by atoms with Crippen molar-refractivity contribution < 1.29 is 0 Å². The zero-order valence-electron chi connectivity index (χ0n) is 11.4. The Balaban J connectivity index is 1.93. The molecule has 0 saturated heterocycles. The van der Waals surface area contributed by atoms with Gasteiger partial charge in [0.05, 0.1) is 0 Å². The van der Waals surface area contributed by atoms with Crippen molar-refractivity contribution in [2.24, 2.45) is 0 Å². The van der Waals surface area contributed by atoms with Crippen LogP contribution in [0.3, 0.4) is 0 Å². The highest BCUT2D eigenvalue weighted by Crippen LogP contribution is 2.17. The van der Waals surface area contributed by atoms with Gasteiger partial charge in [-0.1, -0.05) is 54.4 Å². The molecule has 0 fully saturated rings. The SMILES string of the molecule is Cc1ccc(NCC(C)c2ccc(C)cc2)cc1. The maximum atomic E-state index is 3.48. The first-order valence-electron chi connectivity index (χ1n) is 6.52. The van der Waals surface area contributed by atoms with Crippen LogP contribution in [0.4, 0.5) is 5.69 Å². The zero-order chi connectivity index (χ0) is 13.0. The Morgan fingerprint density at radius 1 is 0.833 bits per heavy atom. The van der Waals surface area contributed by atoms with E-state index in [4.69, 9.17) is 0 Å². The van der Waals surface area contributed by atoms with Crippen LogP contribution < -0.4 is 5.32 Å². The quantitative estimate of drug-likeness (QED) is 0.827. The maximum Gasteiger partial charge on any atom is 0.0340 e. The lowest BCUT2D eigenvalue weighted by Crippen LogP contribution is -2.09. The standard InChI is InChI=1S/C17H21N/c1-13-4-8-16(9-5-13)15(3)12-18-17-10-6-14(2)7-11-17/h4-11,15,18H,12H2,1-3H3. The molecule has 0 spiro atoms. The smallest absolute Gasteiger partial charge is 0.0340 e. The molecule has 0 radical (unpaired) electrons. The first-order chi connectivity index (χ1) is 8.65. The Labute approximate surface area is 110 Å². The van der Waals surface area contributed by atoms with Crippen molar-refractivity contribution in [3.63, 3.8) is 0 Å². The first-order valence-corrected chi connectivity index (χ1v) is 6.52. The molecule has 1 N–H and O–H groups in total. The van der Waals surface area contributed by atoms with Crippen LogP contribution in [-0.2, 0) is 0 Å². The third-order valence-corrected chi connectivity index (χ3v) is 3.31. The van der Waals surface area contributed by atoms with Gasteiger partial charge >= 0.3 is 0 Å². The summed E-state index contributed by atoms with van der Waals surface area (Å²) in [4.78, 5) is 0. The lowest BCUT2D eigenvalue weighted by molar-refractivity contribution is 0.804. The molecule has 1 unspecified atom stereocenters. The highest BCUT2D eigenvalue weighted by molar-refractivity contribution is 5.44. The van der Waals surface area contributed by atoms with Gasteiger partial charge in [0.2, 0.25) is 0 Å². The van der Waals surface area contributed by atoms with Crippen LogP contribution in [0.15, 0.2) is 48.5 Å². The largest absolute Gasteiger partial charge is 0.384 e. The van der Waals surface area contributed by atoms with Gasteiger partial charge in [-0.15, -0.1) is 0 Å². The van der Waals surface area contributed by atoms with Gasteiger partial charge in [0.25, 0.3) is 0 Å².